The molecule has 0 fully saturated rings. The van der Waals surface area contributed by atoms with Gasteiger partial charge in [0.2, 0.25) is 0 Å². The molecule has 0 saturated heterocycles. The van der Waals surface area contributed by atoms with Gasteiger partial charge in [-0.2, -0.15) is 0 Å². The van der Waals surface area contributed by atoms with Crippen LogP contribution in [0.25, 0.3) is 0 Å². The van der Waals surface area contributed by atoms with Crippen LogP contribution in [0.5, 0.6) is 0 Å². The highest BCUT2D eigenvalue weighted by molar-refractivity contribution is 5.94. The third kappa shape index (κ3) is 2.50. The van der Waals surface area contributed by atoms with Gasteiger partial charge in [0.05, 0.1) is 0 Å². The van der Waals surface area contributed by atoms with Crippen LogP contribution in [0.4, 0.5) is 17.1 Å². The van der Waals surface area contributed by atoms with Crippen molar-refractivity contribution in [1.82, 2.24) is 0 Å². The van der Waals surface area contributed by atoms with Crippen molar-refractivity contribution in [1.29, 1.82) is 0 Å². The Morgan fingerprint density at radius 2 is 1.25 bits per heavy atom. The number of aryl methyl sites for hydroxylation is 2. The van der Waals surface area contributed by atoms with E-state index in [0.717, 1.165) is 24.1 Å². The number of para-hydroxylation sites is 2. The molecular weight excluding hydrogens is 294 g/mol. The van der Waals surface area contributed by atoms with Gasteiger partial charge in [-0.3, -0.25) is 4.79 Å². The molecule has 3 aromatic rings. The maximum atomic E-state index is 11.6. The molecule has 0 N–H and O–H groups in total. The summed E-state index contributed by atoms with van der Waals surface area (Å²) in [6.07, 6.45) is 2.07. The number of benzene rings is 3. The number of hydrogen-bond acceptors (Lipinski definition) is 2. The van der Waals surface area contributed by atoms with Gasteiger partial charge in [0.25, 0.3) is 0 Å². The number of carbonyl (C=O) groups excluding carboxylic acids is 1. The highest BCUT2D eigenvalue weighted by Gasteiger charge is 2.21. The number of rotatable bonds is 2. The maximum absolute atomic E-state index is 11.6. The lowest BCUT2D eigenvalue weighted by Crippen LogP contribution is -2.11. The lowest BCUT2D eigenvalue weighted by Gasteiger charge is -2.27. The van der Waals surface area contributed by atoms with Gasteiger partial charge >= 0.3 is 0 Å². The zero-order chi connectivity index (χ0) is 16.5. The van der Waals surface area contributed by atoms with Crippen molar-refractivity contribution in [3.8, 4) is 0 Å². The zero-order valence-electron chi connectivity index (χ0n) is 13.7. The Kier molecular flexibility index (Phi) is 3.66. The minimum absolute atomic E-state index is 0.0956. The van der Waals surface area contributed by atoms with Gasteiger partial charge in [0, 0.05) is 22.6 Å². The van der Waals surface area contributed by atoms with E-state index in [9.17, 15) is 4.79 Å². The predicted octanol–water partition coefficient (Wildman–Crippen LogP) is 5.46. The molecule has 0 saturated carbocycles. The Bertz CT molecular complexity index is 848. The molecule has 0 amide bonds. The van der Waals surface area contributed by atoms with Gasteiger partial charge in [0.1, 0.15) is 0 Å². The van der Waals surface area contributed by atoms with Crippen LogP contribution in [0.3, 0.4) is 0 Å². The first-order chi connectivity index (χ1) is 11.7. The fourth-order valence-electron chi connectivity index (χ4n) is 3.40. The molecule has 0 atom stereocenters. The molecule has 118 valence electrons. The number of carbonyl (C=O) groups is 1. The molecule has 1 aliphatic heterocycles. The SMILES string of the molecule is CC(=O)c1ccc(N2c3ccccc3CCc3ccccc32)cc1. The third-order valence-electron chi connectivity index (χ3n) is 4.66. The van der Waals surface area contributed by atoms with Gasteiger partial charge in [-0.25, -0.2) is 0 Å². The van der Waals surface area contributed by atoms with Crippen molar-refractivity contribution in [2.45, 2.75) is 19.8 Å². The summed E-state index contributed by atoms with van der Waals surface area (Å²) in [5.41, 5.74) is 6.97. The Hall–Kier alpha value is -2.87. The molecule has 2 heteroatoms. The molecule has 4 rings (SSSR count). The van der Waals surface area contributed by atoms with E-state index < -0.39 is 0 Å². The Morgan fingerprint density at radius 3 is 1.75 bits per heavy atom. The summed E-state index contributed by atoms with van der Waals surface area (Å²) in [6.45, 7) is 1.60. The molecule has 1 heterocycles. The van der Waals surface area contributed by atoms with Crippen LogP contribution >= 0.6 is 0 Å². The van der Waals surface area contributed by atoms with E-state index in [4.69, 9.17) is 0 Å². The number of hydrogen-bond donors (Lipinski definition) is 0. The number of nitrogens with zero attached hydrogens (tertiary/aromatic N) is 1. The van der Waals surface area contributed by atoms with Gasteiger partial charge in [-0.05, 0) is 67.3 Å². The molecule has 0 bridgehead atoms. The van der Waals surface area contributed by atoms with Crippen LogP contribution in [-0.2, 0) is 12.8 Å². The van der Waals surface area contributed by atoms with E-state index in [1.807, 2.05) is 24.3 Å². The fourth-order valence-corrected chi connectivity index (χ4v) is 3.40. The fraction of sp³-hybridized carbons (Fsp3) is 0.136. The van der Waals surface area contributed by atoms with Gasteiger partial charge in [-0.15, -0.1) is 0 Å². The molecular formula is C22H19NO. The van der Waals surface area contributed by atoms with E-state index in [1.54, 1.807) is 6.92 Å². The molecule has 0 aliphatic carbocycles. The quantitative estimate of drug-likeness (QED) is 0.586. The predicted molar refractivity (Wildman–Crippen MR) is 98.5 cm³/mol. The average molecular weight is 313 g/mol. The highest BCUT2D eigenvalue weighted by Crippen LogP contribution is 2.41. The van der Waals surface area contributed by atoms with Crippen LogP contribution in [0.2, 0.25) is 0 Å². The Labute approximate surface area is 142 Å². The summed E-state index contributed by atoms with van der Waals surface area (Å²) in [6, 6.07) is 25.0. The second-order valence-corrected chi connectivity index (χ2v) is 6.20. The van der Waals surface area contributed by atoms with E-state index in [2.05, 4.69) is 53.4 Å². The maximum Gasteiger partial charge on any atom is 0.159 e. The Morgan fingerprint density at radius 1 is 0.750 bits per heavy atom. The van der Waals surface area contributed by atoms with Crippen molar-refractivity contribution in [3.63, 3.8) is 0 Å². The number of ketones is 1. The smallest absolute Gasteiger partial charge is 0.159 e. The summed E-state index contributed by atoms with van der Waals surface area (Å²) in [5.74, 6) is 0.0956. The Balaban J connectivity index is 1.91. The lowest BCUT2D eigenvalue weighted by atomic mass is 10.0. The molecule has 0 unspecified atom stereocenters. The van der Waals surface area contributed by atoms with Crippen LogP contribution in [0.15, 0.2) is 72.8 Å². The number of Topliss-reactive ketones (excluding diaryl/α,β-unsaturated/α-hetero) is 1. The highest BCUT2D eigenvalue weighted by atomic mass is 16.1. The molecule has 0 radical (unpaired) electrons. The van der Waals surface area contributed by atoms with Gasteiger partial charge in [0.15, 0.2) is 5.78 Å². The second-order valence-electron chi connectivity index (χ2n) is 6.20. The van der Waals surface area contributed by atoms with Gasteiger partial charge in [-0.1, -0.05) is 36.4 Å². The van der Waals surface area contributed by atoms with Crippen molar-refractivity contribution in [2.75, 3.05) is 4.90 Å². The molecule has 1 aliphatic rings. The first-order valence-electron chi connectivity index (χ1n) is 8.31. The zero-order valence-corrected chi connectivity index (χ0v) is 13.7. The summed E-state index contributed by atoms with van der Waals surface area (Å²) in [4.78, 5) is 13.9. The van der Waals surface area contributed by atoms with E-state index in [1.165, 1.54) is 22.5 Å². The summed E-state index contributed by atoms with van der Waals surface area (Å²) < 4.78 is 0. The van der Waals surface area contributed by atoms with Crippen molar-refractivity contribution >= 4 is 22.8 Å². The van der Waals surface area contributed by atoms with Crippen LogP contribution in [0, 0.1) is 0 Å². The third-order valence-corrected chi connectivity index (χ3v) is 4.66. The second kappa shape index (κ2) is 5.97. The molecule has 2 nitrogen and oxygen atoms in total. The summed E-state index contributed by atoms with van der Waals surface area (Å²) >= 11 is 0. The van der Waals surface area contributed by atoms with Crippen molar-refractivity contribution < 1.29 is 4.79 Å². The standard InChI is InChI=1S/C22H19NO/c1-16(24)17-12-14-20(15-13-17)23-21-8-4-2-6-18(21)10-11-19-7-3-5-9-22(19)23/h2-9,12-15H,10-11H2,1H3. The van der Waals surface area contributed by atoms with Crippen LogP contribution < -0.4 is 4.90 Å². The van der Waals surface area contributed by atoms with Crippen LogP contribution in [-0.4, -0.2) is 5.78 Å². The van der Waals surface area contributed by atoms with Crippen LogP contribution in [0.1, 0.15) is 28.4 Å². The average Bonchev–Trinajstić information content (AvgIpc) is 2.79. The summed E-state index contributed by atoms with van der Waals surface area (Å²) in [7, 11) is 0. The minimum Gasteiger partial charge on any atom is -0.310 e. The summed E-state index contributed by atoms with van der Waals surface area (Å²) in [5, 5.41) is 0. The monoisotopic (exact) mass is 313 g/mol. The van der Waals surface area contributed by atoms with Crippen molar-refractivity contribution in [2.24, 2.45) is 0 Å². The first-order valence-corrected chi connectivity index (χ1v) is 8.31. The molecule has 24 heavy (non-hydrogen) atoms. The number of anilines is 3. The van der Waals surface area contributed by atoms with Crippen molar-refractivity contribution in [3.05, 3.63) is 89.5 Å². The molecule has 0 aromatic heterocycles. The largest absolute Gasteiger partial charge is 0.310 e. The van der Waals surface area contributed by atoms with Gasteiger partial charge < -0.3 is 4.90 Å². The minimum atomic E-state index is 0.0956. The lowest BCUT2D eigenvalue weighted by molar-refractivity contribution is 0.101. The van der Waals surface area contributed by atoms with E-state index in [-0.39, 0.29) is 5.78 Å². The molecule has 3 aromatic carbocycles. The van der Waals surface area contributed by atoms with E-state index >= 15 is 0 Å². The van der Waals surface area contributed by atoms with E-state index in [0.29, 0.717) is 0 Å². The first kappa shape index (κ1) is 14.7. The molecule has 0 spiro atoms. The normalized spacial score (nSPS) is 13.0. The topological polar surface area (TPSA) is 20.3 Å². The number of fused-ring (bicyclic) bond motifs is 2.